The van der Waals surface area contributed by atoms with Gasteiger partial charge in [0.15, 0.2) is 5.76 Å². The van der Waals surface area contributed by atoms with E-state index in [1.165, 1.54) is 0 Å². The third-order valence-electron chi connectivity index (χ3n) is 5.70. The molecule has 2 heterocycles. The van der Waals surface area contributed by atoms with Crippen molar-refractivity contribution in [3.8, 4) is 11.3 Å². The van der Waals surface area contributed by atoms with Crippen LogP contribution in [-0.4, -0.2) is 29.0 Å². The van der Waals surface area contributed by atoms with Gasteiger partial charge < -0.3 is 14.6 Å². The Bertz CT molecular complexity index is 739. The van der Waals surface area contributed by atoms with E-state index in [4.69, 9.17) is 4.42 Å². The first-order chi connectivity index (χ1) is 11.5. The van der Waals surface area contributed by atoms with Crippen molar-refractivity contribution in [3.63, 3.8) is 0 Å². The average Bonchev–Trinajstić information content (AvgIpc) is 3.07. The fraction of sp³-hybridized carbons (Fsp3) is 0.474. The molecule has 5 heteroatoms. The van der Waals surface area contributed by atoms with E-state index in [1.807, 2.05) is 42.2 Å². The molecule has 1 aromatic carbocycles. The molecule has 126 valence electrons. The van der Waals surface area contributed by atoms with E-state index in [9.17, 15) is 4.79 Å². The summed E-state index contributed by atoms with van der Waals surface area (Å²) in [6.45, 7) is 8.20. The van der Waals surface area contributed by atoms with Gasteiger partial charge in [-0.2, -0.15) is 0 Å². The van der Waals surface area contributed by atoms with Crippen molar-refractivity contribution < 1.29 is 9.21 Å². The minimum absolute atomic E-state index is 0.0232. The molecule has 1 saturated heterocycles. The number of benzene rings is 1. The zero-order valence-electron chi connectivity index (χ0n) is 14.3. The highest BCUT2D eigenvalue weighted by molar-refractivity contribution is 5.75. The van der Waals surface area contributed by atoms with Gasteiger partial charge >= 0.3 is 6.03 Å². The van der Waals surface area contributed by atoms with Gasteiger partial charge in [-0.1, -0.05) is 44.2 Å². The maximum atomic E-state index is 12.4. The number of likely N-dealkylation sites (tertiary alicyclic amines) is 1. The highest BCUT2D eigenvalue weighted by Gasteiger charge is 2.62. The summed E-state index contributed by atoms with van der Waals surface area (Å²) in [4.78, 5) is 18.7. The van der Waals surface area contributed by atoms with E-state index < -0.39 is 0 Å². The molecule has 4 rings (SSSR count). The number of carbonyl (C=O) groups is 1. The number of piperidine rings is 1. The number of hydrogen-bond donors (Lipinski definition) is 1. The van der Waals surface area contributed by atoms with Crippen molar-refractivity contribution >= 4 is 6.03 Å². The van der Waals surface area contributed by atoms with Crippen molar-refractivity contribution in [1.29, 1.82) is 0 Å². The Morgan fingerprint density at radius 2 is 1.96 bits per heavy atom. The number of oxazole rings is 1. The minimum Gasteiger partial charge on any atom is -0.438 e. The summed E-state index contributed by atoms with van der Waals surface area (Å²) in [6.07, 6.45) is 1.71. The second-order valence-electron chi connectivity index (χ2n) is 7.54. The van der Waals surface area contributed by atoms with Crippen molar-refractivity contribution in [3.05, 3.63) is 42.4 Å². The number of amides is 2. The number of rotatable bonds is 3. The van der Waals surface area contributed by atoms with Crippen LogP contribution in [-0.2, 0) is 0 Å². The molecule has 2 aliphatic rings. The van der Waals surface area contributed by atoms with Gasteiger partial charge in [0, 0.05) is 18.7 Å². The highest BCUT2D eigenvalue weighted by atomic mass is 16.4. The molecule has 0 unspecified atom stereocenters. The molecule has 3 atom stereocenters. The van der Waals surface area contributed by atoms with Crippen LogP contribution in [0.1, 0.15) is 32.7 Å². The zero-order chi connectivity index (χ0) is 16.9. The van der Waals surface area contributed by atoms with Gasteiger partial charge in [0.05, 0.1) is 6.20 Å². The molecule has 1 saturated carbocycles. The molecular weight excluding hydrogens is 302 g/mol. The van der Waals surface area contributed by atoms with Crippen LogP contribution >= 0.6 is 0 Å². The molecule has 1 aliphatic heterocycles. The summed E-state index contributed by atoms with van der Waals surface area (Å²) in [5.41, 5.74) is 1.40. The summed E-state index contributed by atoms with van der Waals surface area (Å²) in [5.74, 6) is 2.57. The SMILES string of the molecule is C[C@@H](NC(=O)N1C[C@@H]2[C@H](C1)C2(C)C)c1ncc(-c2ccccc2)o1. The van der Waals surface area contributed by atoms with E-state index in [0.29, 0.717) is 23.1 Å². The van der Waals surface area contributed by atoms with Gasteiger partial charge in [-0.25, -0.2) is 9.78 Å². The Hall–Kier alpha value is -2.30. The number of nitrogens with one attached hydrogen (secondary N) is 1. The number of carbonyl (C=O) groups excluding carboxylic acids is 1. The Morgan fingerprint density at radius 1 is 1.29 bits per heavy atom. The minimum atomic E-state index is -0.250. The number of nitrogens with zero attached hydrogens (tertiary/aromatic N) is 2. The summed E-state index contributed by atoms with van der Waals surface area (Å²) >= 11 is 0. The van der Waals surface area contributed by atoms with Crippen molar-refractivity contribution in [2.45, 2.75) is 26.8 Å². The summed E-state index contributed by atoms with van der Waals surface area (Å²) in [6, 6.07) is 9.57. The van der Waals surface area contributed by atoms with Crippen LogP contribution in [0.2, 0.25) is 0 Å². The lowest BCUT2D eigenvalue weighted by Gasteiger charge is -2.23. The Balaban J connectivity index is 1.38. The Kier molecular flexibility index (Phi) is 3.41. The second kappa shape index (κ2) is 5.36. The van der Waals surface area contributed by atoms with Gasteiger partial charge in [0.2, 0.25) is 5.89 Å². The first kappa shape index (κ1) is 15.2. The van der Waals surface area contributed by atoms with E-state index in [-0.39, 0.29) is 12.1 Å². The number of aromatic nitrogens is 1. The predicted octanol–water partition coefficient (Wildman–Crippen LogP) is 3.70. The van der Waals surface area contributed by atoms with Crippen LogP contribution in [0, 0.1) is 17.3 Å². The van der Waals surface area contributed by atoms with Gasteiger partial charge in [0.1, 0.15) is 6.04 Å². The monoisotopic (exact) mass is 325 g/mol. The second-order valence-corrected chi connectivity index (χ2v) is 7.54. The lowest BCUT2D eigenvalue weighted by atomic mass is 10.1. The molecule has 2 amide bonds. The van der Waals surface area contributed by atoms with E-state index >= 15 is 0 Å². The smallest absolute Gasteiger partial charge is 0.318 e. The van der Waals surface area contributed by atoms with Gasteiger partial charge in [-0.3, -0.25) is 0 Å². The quantitative estimate of drug-likeness (QED) is 0.936. The first-order valence-electron chi connectivity index (χ1n) is 8.53. The Morgan fingerprint density at radius 3 is 2.62 bits per heavy atom. The first-order valence-corrected chi connectivity index (χ1v) is 8.53. The Labute approximate surface area is 142 Å². The lowest BCUT2D eigenvalue weighted by Crippen LogP contribution is -2.41. The molecule has 0 bridgehead atoms. The predicted molar refractivity (Wildman–Crippen MR) is 91.2 cm³/mol. The fourth-order valence-corrected chi connectivity index (χ4v) is 3.86. The molecule has 2 fully saturated rings. The normalized spacial score (nSPS) is 25.2. The number of fused-ring (bicyclic) bond motifs is 1. The summed E-state index contributed by atoms with van der Waals surface area (Å²) in [5, 5.41) is 3.00. The maximum Gasteiger partial charge on any atom is 0.318 e. The average molecular weight is 325 g/mol. The lowest BCUT2D eigenvalue weighted by molar-refractivity contribution is 0.191. The third kappa shape index (κ3) is 2.48. The van der Waals surface area contributed by atoms with Crippen LogP contribution in [0.15, 0.2) is 40.9 Å². The molecule has 5 nitrogen and oxygen atoms in total. The molecule has 24 heavy (non-hydrogen) atoms. The summed E-state index contributed by atoms with van der Waals surface area (Å²) in [7, 11) is 0. The zero-order valence-corrected chi connectivity index (χ0v) is 14.3. The van der Waals surface area contributed by atoms with Crippen LogP contribution in [0.5, 0.6) is 0 Å². The van der Waals surface area contributed by atoms with Crippen LogP contribution < -0.4 is 5.32 Å². The molecule has 1 aromatic heterocycles. The largest absolute Gasteiger partial charge is 0.438 e. The molecular formula is C19H23N3O2. The van der Waals surface area contributed by atoms with Crippen molar-refractivity contribution in [2.24, 2.45) is 17.3 Å². The van der Waals surface area contributed by atoms with Crippen LogP contribution in [0.25, 0.3) is 11.3 Å². The number of urea groups is 1. The van der Waals surface area contributed by atoms with E-state index in [0.717, 1.165) is 24.4 Å². The van der Waals surface area contributed by atoms with Gasteiger partial charge in [-0.15, -0.1) is 0 Å². The number of hydrogen-bond acceptors (Lipinski definition) is 3. The highest BCUT2D eigenvalue weighted by Crippen LogP contribution is 2.61. The van der Waals surface area contributed by atoms with Crippen LogP contribution in [0.4, 0.5) is 4.79 Å². The fourth-order valence-electron chi connectivity index (χ4n) is 3.86. The van der Waals surface area contributed by atoms with E-state index in [2.05, 4.69) is 24.1 Å². The van der Waals surface area contributed by atoms with E-state index in [1.54, 1.807) is 6.20 Å². The van der Waals surface area contributed by atoms with Gasteiger partial charge in [0.25, 0.3) is 0 Å². The molecule has 0 spiro atoms. The van der Waals surface area contributed by atoms with Gasteiger partial charge in [-0.05, 0) is 24.2 Å². The molecule has 0 radical (unpaired) electrons. The maximum absolute atomic E-state index is 12.4. The van der Waals surface area contributed by atoms with Crippen molar-refractivity contribution in [2.75, 3.05) is 13.1 Å². The standard InChI is InChI=1S/C19H23N3O2/c1-12(17-20-9-16(24-17)13-7-5-4-6-8-13)21-18(23)22-10-14-15(11-22)19(14,2)3/h4-9,12,14-15H,10-11H2,1-3H3,(H,21,23)/t12-,14-,15+/m1/s1. The van der Waals surface area contributed by atoms with Crippen molar-refractivity contribution in [1.82, 2.24) is 15.2 Å². The van der Waals surface area contributed by atoms with Crippen LogP contribution in [0.3, 0.4) is 0 Å². The third-order valence-corrected chi connectivity index (χ3v) is 5.70. The molecule has 1 aliphatic carbocycles. The molecule has 1 N–H and O–H groups in total. The topological polar surface area (TPSA) is 58.4 Å². The molecule has 2 aromatic rings. The summed E-state index contributed by atoms with van der Waals surface area (Å²) < 4.78 is 5.81.